The van der Waals surface area contributed by atoms with E-state index in [0.717, 1.165) is 5.69 Å². The highest BCUT2D eigenvalue weighted by Gasteiger charge is 2.10. The lowest BCUT2D eigenvalue weighted by molar-refractivity contribution is 0.135. The Morgan fingerprint density at radius 1 is 1.83 bits per heavy atom. The van der Waals surface area contributed by atoms with Crippen LogP contribution in [0.5, 0.6) is 0 Å². The van der Waals surface area contributed by atoms with Crippen molar-refractivity contribution in [3.63, 3.8) is 0 Å². The average molecular weight is 167 g/mol. The molecule has 1 aromatic rings. The lowest BCUT2D eigenvalue weighted by Crippen LogP contribution is -1.91. The normalized spacial score (nSPS) is 12.8. The summed E-state index contributed by atoms with van der Waals surface area (Å²) in [6.07, 6.45) is 2.54. The van der Waals surface area contributed by atoms with E-state index < -0.39 is 6.10 Å². The van der Waals surface area contributed by atoms with Gasteiger partial charge in [0, 0.05) is 12.5 Å². The maximum absolute atomic E-state index is 9.35. The quantitative estimate of drug-likeness (QED) is 0.696. The molecule has 0 saturated carbocycles. The van der Waals surface area contributed by atoms with Crippen molar-refractivity contribution < 1.29 is 9.63 Å². The van der Waals surface area contributed by atoms with Gasteiger partial charge in [-0.05, 0) is 6.42 Å². The van der Waals surface area contributed by atoms with Crippen LogP contribution < -0.4 is 0 Å². The first-order valence-electron chi connectivity index (χ1n) is 4.02. The maximum Gasteiger partial charge on any atom is 0.165 e. The Kier molecular flexibility index (Phi) is 3.05. The standard InChI is InChI=1S/C9H13NO2/c1-3-5-7-6-9(12-10-7)8(11)4-2/h3,6,8,11H,1,4-5H2,2H3. The summed E-state index contributed by atoms with van der Waals surface area (Å²) in [5.41, 5.74) is 0.813. The largest absolute Gasteiger partial charge is 0.385 e. The monoisotopic (exact) mass is 167 g/mol. The fourth-order valence-electron chi connectivity index (χ4n) is 0.931. The number of aromatic nitrogens is 1. The summed E-state index contributed by atoms with van der Waals surface area (Å²) < 4.78 is 4.92. The van der Waals surface area contributed by atoms with Gasteiger partial charge in [0.15, 0.2) is 5.76 Å². The molecule has 0 radical (unpaired) electrons. The van der Waals surface area contributed by atoms with Crippen LogP contribution in [0.2, 0.25) is 0 Å². The van der Waals surface area contributed by atoms with Gasteiger partial charge in [0.05, 0.1) is 5.69 Å². The van der Waals surface area contributed by atoms with E-state index in [1.807, 2.05) is 6.92 Å². The van der Waals surface area contributed by atoms with Crippen LogP contribution in [0, 0.1) is 0 Å². The smallest absolute Gasteiger partial charge is 0.165 e. The first-order valence-corrected chi connectivity index (χ1v) is 4.02. The molecule has 1 rings (SSSR count). The summed E-state index contributed by atoms with van der Waals surface area (Å²) >= 11 is 0. The first kappa shape index (κ1) is 9.00. The van der Waals surface area contributed by atoms with Crippen molar-refractivity contribution >= 4 is 0 Å². The second-order valence-electron chi connectivity index (χ2n) is 2.64. The average Bonchev–Trinajstić information content (AvgIpc) is 2.52. The van der Waals surface area contributed by atoms with Gasteiger partial charge >= 0.3 is 0 Å². The zero-order chi connectivity index (χ0) is 8.97. The van der Waals surface area contributed by atoms with Gasteiger partial charge in [-0.25, -0.2) is 0 Å². The van der Waals surface area contributed by atoms with E-state index in [1.165, 1.54) is 0 Å². The molecule has 1 atom stereocenters. The molecule has 0 aromatic carbocycles. The zero-order valence-electron chi connectivity index (χ0n) is 7.16. The molecule has 1 N–H and O–H groups in total. The fourth-order valence-corrected chi connectivity index (χ4v) is 0.931. The minimum Gasteiger partial charge on any atom is -0.385 e. The number of aliphatic hydroxyl groups is 1. The van der Waals surface area contributed by atoms with Gasteiger partial charge in [-0.15, -0.1) is 6.58 Å². The van der Waals surface area contributed by atoms with E-state index >= 15 is 0 Å². The molecule has 0 aliphatic heterocycles. The maximum atomic E-state index is 9.35. The second-order valence-corrected chi connectivity index (χ2v) is 2.64. The molecule has 1 unspecified atom stereocenters. The van der Waals surface area contributed by atoms with Gasteiger partial charge in [-0.3, -0.25) is 0 Å². The van der Waals surface area contributed by atoms with Gasteiger partial charge in [-0.1, -0.05) is 18.2 Å². The Hall–Kier alpha value is -1.09. The molecule has 3 nitrogen and oxygen atoms in total. The predicted octanol–water partition coefficient (Wildman–Crippen LogP) is 1.85. The van der Waals surface area contributed by atoms with Crippen molar-refractivity contribution in [3.05, 3.63) is 30.2 Å². The van der Waals surface area contributed by atoms with Crippen LogP contribution in [0.25, 0.3) is 0 Å². The van der Waals surface area contributed by atoms with Crippen LogP contribution in [0.4, 0.5) is 0 Å². The highest BCUT2D eigenvalue weighted by Crippen LogP contribution is 2.16. The van der Waals surface area contributed by atoms with Crippen molar-refractivity contribution in [1.29, 1.82) is 0 Å². The number of nitrogens with zero attached hydrogens (tertiary/aromatic N) is 1. The molecule has 1 heterocycles. The molecule has 0 aliphatic carbocycles. The van der Waals surface area contributed by atoms with Gasteiger partial charge in [0.1, 0.15) is 6.10 Å². The Morgan fingerprint density at radius 2 is 2.58 bits per heavy atom. The van der Waals surface area contributed by atoms with Gasteiger partial charge in [-0.2, -0.15) is 0 Å². The lowest BCUT2D eigenvalue weighted by atomic mass is 10.2. The molecule has 66 valence electrons. The van der Waals surface area contributed by atoms with Crippen molar-refractivity contribution in [2.24, 2.45) is 0 Å². The Labute approximate surface area is 71.7 Å². The summed E-state index contributed by atoms with van der Waals surface area (Å²) in [7, 11) is 0. The van der Waals surface area contributed by atoms with Crippen molar-refractivity contribution in [2.75, 3.05) is 0 Å². The Balaban J connectivity index is 2.69. The van der Waals surface area contributed by atoms with E-state index in [4.69, 9.17) is 4.52 Å². The van der Waals surface area contributed by atoms with Crippen LogP contribution >= 0.6 is 0 Å². The summed E-state index contributed by atoms with van der Waals surface area (Å²) in [6.45, 7) is 5.48. The predicted molar refractivity (Wildman–Crippen MR) is 45.7 cm³/mol. The van der Waals surface area contributed by atoms with Crippen molar-refractivity contribution in [3.8, 4) is 0 Å². The van der Waals surface area contributed by atoms with Gasteiger partial charge in [0.25, 0.3) is 0 Å². The SMILES string of the molecule is C=CCc1cc(C(O)CC)on1. The fraction of sp³-hybridized carbons (Fsp3) is 0.444. The lowest BCUT2D eigenvalue weighted by Gasteiger charge is -1.99. The molecule has 1 aromatic heterocycles. The van der Waals surface area contributed by atoms with Gasteiger partial charge in [0.2, 0.25) is 0 Å². The summed E-state index contributed by atoms with van der Waals surface area (Å²) in [4.78, 5) is 0. The van der Waals surface area contributed by atoms with Crippen LogP contribution in [-0.2, 0) is 6.42 Å². The molecule has 0 saturated heterocycles. The zero-order valence-corrected chi connectivity index (χ0v) is 7.16. The molecule has 0 fully saturated rings. The molecular formula is C9H13NO2. The molecule has 0 amide bonds. The molecule has 3 heteroatoms. The van der Waals surface area contributed by atoms with Gasteiger partial charge < -0.3 is 9.63 Å². The summed E-state index contributed by atoms with van der Waals surface area (Å²) in [5, 5.41) is 13.1. The Morgan fingerprint density at radius 3 is 3.17 bits per heavy atom. The van der Waals surface area contributed by atoms with E-state index in [0.29, 0.717) is 18.6 Å². The number of allylic oxidation sites excluding steroid dienone is 1. The highest BCUT2D eigenvalue weighted by molar-refractivity contribution is 5.09. The minimum absolute atomic E-state index is 0.531. The molecule has 0 aliphatic rings. The highest BCUT2D eigenvalue weighted by atomic mass is 16.5. The topological polar surface area (TPSA) is 46.3 Å². The van der Waals surface area contributed by atoms with Crippen LogP contribution in [0.3, 0.4) is 0 Å². The minimum atomic E-state index is -0.531. The van der Waals surface area contributed by atoms with Crippen LogP contribution in [0.15, 0.2) is 23.2 Å². The third-order valence-electron chi connectivity index (χ3n) is 1.65. The van der Waals surface area contributed by atoms with E-state index in [1.54, 1.807) is 12.1 Å². The van der Waals surface area contributed by atoms with E-state index in [9.17, 15) is 5.11 Å². The third kappa shape index (κ3) is 1.95. The number of hydrogen-bond donors (Lipinski definition) is 1. The van der Waals surface area contributed by atoms with Crippen molar-refractivity contribution in [2.45, 2.75) is 25.9 Å². The van der Waals surface area contributed by atoms with E-state index in [2.05, 4.69) is 11.7 Å². The third-order valence-corrected chi connectivity index (χ3v) is 1.65. The van der Waals surface area contributed by atoms with Crippen molar-refractivity contribution in [1.82, 2.24) is 5.16 Å². The molecule has 0 bridgehead atoms. The summed E-state index contributed by atoms with van der Waals surface area (Å²) in [6, 6.07) is 1.76. The number of rotatable bonds is 4. The van der Waals surface area contributed by atoms with E-state index in [-0.39, 0.29) is 0 Å². The Bertz CT molecular complexity index is 255. The molecule has 12 heavy (non-hydrogen) atoms. The first-order chi connectivity index (χ1) is 5.77. The summed E-state index contributed by atoms with van der Waals surface area (Å²) in [5.74, 6) is 0.536. The second kappa shape index (κ2) is 4.07. The number of hydrogen-bond acceptors (Lipinski definition) is 3. The van der Waals surface area contributed by atoms with Crippen LogP contribution in [-0.4, -0.2) is 10.3 Å². The number of aliphatic hydroxyl groups excluding tert-OH is 1. The molecular weight excluding hydrogens is 154 g/mol. The van der Waals surface area contributed by atoms with Crippen LogP contribution in [0.1, 0.15) is 30.9 Å². The molecule has 0 spiro atoms.